The minimum atomic E-state index is 0.147. The molecule has 0 spiro atoms. The van der Waals surface area contributed by atoms with Crippen LogP contribution in [-0.4, -0.2) is 20.0 Å². The molecule has 3 heteroatoms. The molecule has 2 rings (SSSR count). The smallest absolute Gasteiger partial charge is 0.167 e. The Bertz CT molecular complexity index is 489. The number of methoxy groups -OCH3 is 2. The van der Waals surface area contributed by atoms with Crippen LogP contribution in [-0.2, 0) is 0 Å². The lowest BCUT2D eigenvalue weighted by molar-refractivity contribution is 0.0991. The van der Waals surface area contributed by atoms with Crippen LogP contribution in [0.4, 0.5) is 0 Å². The highest BCUT2D eigenvalue weighted by Crippen LogP contribution is 2.29. The lowest BCUT2D eigenvalue weighted by Gasteiger charge is -2.13. The van der Waals surface area contributed by atoms with Crippen molar-refractivity contribution in [2.45, 2.75) is 32.1 Å². The van der Waals surface area contributed by atoms with Gasteiger partial charge in [0.05, 0.1) is 14.2 Å². The van der Waals surface area contributed by atoms with E-state index >= 15 is 0 Å². The Balaban J connectivity index is 2.12. The highest BCUT2D eigenvalue weighted by atomic mass is 16.5. The fraction of sp³-hybridized carbons (Fsp3) is 0.438. The van der Waals surface area contributed by atoms with Crippen LogP contribution in [0.5, 0.6) is 11.5 Å². The van der Waals surface area contributed by atoms with E-state index in [9.17, 15) is 4.79 Å². The quantitative estimate of drug-likeness (QED) is 0.597. The van der Waals surface area contributed by atoms with Crippen molar-refractivity contribution in [2.75, 3.05) is 14.2 Å². The van der Waals surface area contributed by atoms with Gasteiger partial charge in [0.1, 0.15) is 0 Å². The van der Waals surface area contributed by atoms with Gasteiger partial charge in [-0.1, -0.05) is 11.6 Å². The Kier molecular flexibility index (Phi) is 4.61. The van der Waals surface area contributed by atoms with Gasteiger partial charge >= 0.3 is 0 Å². The van der Waals surface area contributed by atoms with Crippen molar-refractivity contribution in [3.8, 4) is 11.5 Å². The van der Waals surface area contributed by atoms with E-state index in [1.54, 1.807) is 32.4 Å². The van der Waals surface area contributed by atoms with Crippen molar-refractivity contribution in [3.05, 3.63) is 35.4 Å². The molecule has 0 unspecified atom stereocenters. The number of hydrogen-bond donors (Lipinski definition) is 0. The third kappa shape index (κ3) is 3.37. The van der Waals surface area contributed by atoms with Crippen LogP contribution in [0.2, 0.25) is 0 Å². The summed E-state index contributed by atoms with van der Waals surface area (Å²) in [7, 11) is 3.17. The van der Waals surface area contributed by atoms with Gasteiger partial charge in [-0.25, -0.2) is 0 Å². The largest absolute Gasteiger partial charge is 0.493 e. The second-order valence-electron chi connectivity index (χ2n) is 4.78. The number of ketones is 1. The van der Waals surface area contributed by atoms with Crippen molar-refractivity contribution in [1.29, 1.82) is 0 Å². The Hall–Kier alpha value is -1.77. The maximum absolute atomic E-state index is 12.2. The molecule has 0 radical (unpaired) electrons. The summed E-state index contributed by atoms with van der Waals surface area (Å²) < 4.78 is 10.4. The van der Waals surface area contributed by atoms with Gasteiger partial charge in [0.25, 0.3) is 0 Å². The van der Waals surface area contributed by atoms with Crippen LogP contribution in [0.25, 0.3) is 0 Å². The van der Waals surface area contributed by atoms with Crippen molar-refractivity contribution in [1.82, 2.24) is 0 Å². The van der Waals surface area contributed by atoms with Crippen molar-refractivity contribution < 1.29 is 14.3 Å². The molecule has 0 saturated carbocycles. The first-order chi connectivity index (χ1) is 9.24. The van der Waals surface area contributed by atoms with Crippen LogP contribution in [0.15, 0.2) is 29.8 Å². The van der Waals surface area contributed by atoms with Crippen molar-refractivity contribution in [3.63, 3.8) is 0 Å². The first-order valence-corrected chi connectivity index (χ1v) is 6.67. The molecule has 1 aliphatic carbocycles. The van der Waals surface area contributed by atoms with E-state index in [1.165, 1.54) is 18.4 Å². The minimum Gasteiger partial charge on any atom is -0.493 e. The zero-order valence-corrected chi connectivity index (χ0v) is 11.6. The molecule has 0 amide bonds. The number of Topliss-reactive ketones (excluding diaryl/α,β-unsaturated/α-hetero) is 1. The Morgan fingerprint density at radius 2 is 1.95 bits per heavy atom. The fourth-order valence-electron chi connectivity index (χ4n) is 2.38. The van der Waals surface area contributed by atoms with Crippen LogP contribution in [0, 0.1) is 0 Å². The Morgan fingerprint density at radius 1 is 1.16 bits per heavy atom. The third-order valence-electron chi connectivity index (χ3n) is 3.48. The lowest BCUT2D eigenvalue weighted by Crippen LogP contribution is -2.04. The predicted octanol–water partition coefficient (Wildman–Crippen LogP) is 3.78. The van der Waals surface area contributed by atoms with E-state index < -0.39 is 0 Å². The zero-order chi connectivity index (χ0) is 13.7. The summed E-state index contributed by atoms with van der Waals surface area (Å²) in [5, 5.41) is 0. The topological polar surface area (TPSA) is 35.5 Å². The predicted molar refractivity (Wildman–Crippen MR) is 75.0 cm³/mol. The number of allylic oxidation sites excluding steroid dienone is 2. The van der Waals surface area contributed by atoms with E-state index in [1.807, 2.05) is 0 Å². The number of carbonyl (C=O) groups is 1. The van der Waals surface area contributed by atoms with Gasteiger partial charge in [0, 0.05) is 12.0 Å². The molecule has 0 saturated heterocycles. The van der Waals surface area contributed by atoms with Crippen LogP contribution >= 0.6 is 0 Å². The molecule has 1 aliphatic rings. The first-order valence-electron chi connectivity index (χ1n) is 6.67. The molecule has 0 N–H and O–H groups in total. The van der Waals surface area contributed by atoms with E-state index in [0.29, 0.717) is 23.5 Å². The third-order valence-corrected chi connectivity index (χ3v) is 3.48. The second kappa shape index (κ2) is 6.41. The summed E-state index contributed by atoms with van der Waals surface area (Å²) in [6.45, 7) is 0. The van der Waals surface area contributed by atoms with Gasteiger partial charge in [-0.05, 0) is 43.9 Å². The van der Waals surface area contributed by atoms with Gasteiger partial charge in [0.15, 0.2) is 17.3 Å². The average molecular weight is 260 g/mol. The maximum atomic E-state index is 12.2. The van der Waals surface area contributed by atoms with Gasteiger partial charge in [-0.3, -0.25) is 4.79 Å². The molecule has 0 aromatic heterocycles. The van der Waals surface area contributed by atoms with E-state index in [4.69, 9.17) is 9.47 Å². The summed E-state index contributed by atoms with van der Waals surface area (Å²) >= 11 is 0. The second-order valence-corrected chi connectivity index (χ2v) is 4.78. The van der Waals surface area contributed by atoms with Crippen LogP contribution in [0.3, 0.4) is 0 Å². The first kappa shape index (κ1) is 13.7. The molecular formula is C16H20O3. The van der Waals surface area contributed by atoms with Crippen molar-refractivity contribution in [2.24, 2.45) is 0 Å². The van der Waals surface area contributed by atoms with Gasteiger partial charge < -0.3 is 9.47 Å². The summed E-state index contributed by atoms with van der Waals surface area (Å²) in [5.41, 5.74) is 1.95. The van der Waals surface area contributed by atoms with Crippen molar-refractivity contribution >= 4 is 5.78 Å². The molecule has 0 fully saturated rings. The molecule has 1 aromatic carbocycles. The number of ether oxygens (including phenoxy) is 2. The number of carbonyl (C=O) groups excluding carboxylic acids is 1. The average Bonchev–Trinajstić information content (AvgIpc) is 2.47. The molecule has 102 valence electrons. The normalized spacial score (nSPS) is 14.7. The molecular weight excluding hydrogens is 240 g/mol. The molecule has 0 bridgehead atoms. The number of benzene rings is 1. The summed E-state index contributed by atoms with van der Waals surface area (Å²) in [4.78, 5) is 12.2. The molecule has 0 atom stereocenters. The molecule has 0 aliphatic heterocycles. The van der Waals surface area contributed by atoms with Crippen LogP contribution in [0.1, 0.15) is 42.5 Å². The Labute approximate surface area is 114 Å². The van der Waals surface area contributed by atoms with Gasteiger partial charge in [-0.15, -0.1) is 0 Å². The SMILES string of the molecule is COc1ccc(C(=O)CC2=CCCCC2)cc1OC. The number of hydrogen-bond acceptors (Lipinski definition) is 3. The monoisotopic (exact) mass is 260 g/mol. The van der Waals surface area contributed by atoms with Gasteiger partial charge in [0.2, 0.25) is 0 Å². The minimum absolute atomic E-state index is 0.147. The molecule has 0 heterocycles. The van der Waals surface area contributed by atoms with Gasteiger partial charge in [-0.2, -0.15) is 0 Å². The molecule has 19 heavy (non-hydrogen) atoms. The molecule has 1 aromatic rings. The summed E-state index contributed by atoms with van der Waals surface area (Å²) in [6.07, 6.45) is 7.34. The lowest BCUT2D eigenvalue weighted by atomic mass is 9.94. The zero-order valence-electron chi connectivity index (χ0n) is 11.6. The number of rotatable bonds is 5. The highest BCUT2D eigenvalue weighted by Gasteiger charge is 2.13. The summed E-state index contributed by atoms with van der Waals surface area (Å²) in [5.74, 6) is 1.40. The van der Waals surface area contributed by atoms with Crippen LogP contribution < -0.4 is 9.47 Å². The highest BCUT2D eigenvalue weighted by molar-refractivity contribution is 5.98. The Morgan fingerprint density at radius 3 is 2.58 bits per heavy atom. The maximum Gasteiger partial charge on any atom is 0.167 e. The standard InChI is InChI=1S/C16H20O3/c1-18-15-9-8-13(11-16(15)19-2)14(17)10-12-6-4-3-5-7-12/h6,8-9,11H,3-5,7,10H2,1-2H3. The van der Waals surface area contributed by atoms with E-state index in [-0.39, 0.29) is 5.78 Å². The summed E-state index contributed by atoms with van der Waals surface area (Å²) in [6, 6.07) is 5.33. The van der Waals surface area contributed by atoms with E-state index in [0.717, 1.165) is 12.8 Å². The fourth-order valence-corrected chi connectivity index (χ4v) is 2.38. The molecule has 3 nitrogen and oxygen atoms in total. The van der Waals surface area contributed by atoms with E-state index in [2.05, 4.69) is 6.08 Å².